The predicted molar refractivity (Wildman–Crippen MR) is 66.7 cm³/mol. The highest BCUT2D eigenvalue weighted by Gasteiger charge is 2.13. The summed E-state index contributed by atoms with van der Waals surface area (Å²) in [5.74, 6) is -0.0659. The summed E-state index contributed by atoms with van der Waals surface area (Å²) in [5, 5.41) is 2.78. The second-order valence-electron chi connectivity index (χ2n) is 4.23. The maximum atomic E-state index is 11.0. The van der Waals surface area contributed by atoms with Gasteiger partial charge in [0, 0.05) is 25.6 Å². The van der Waals surface area contributed by atoms with E-state index in [4.69, 9.17) is 0 Å². The normalized spacial score (nSPS) is 10.6. The van der Waals surface area contributed by atoms with E-state index in [0.29, 0.717) is 0 Å². The van der Waals surface area contributed by atoms with Gasteiger partial charge in [-0.05, 0) is 19.1 Å². The molecule has 1 N–H and O–H groups in total. The first-order valence-corrected chi connectivity index (χ1v) is 5.53. The van der Waals surface area contributed by atoms with E-state index in [1.165, 1.54) is 6.92 Å². The van der Waals surface area contributed by atoms with Gasteiger partial charge in [0.2, 0.25) is 11.4 Å². The predicted octanol–water partition coefficient (Wildman–Crippen LogP) is 1.63. The second-order valence-corrected chi connectivity index (χ2v) is 4.23. The van der Waals surface area contributed by atoms with Gasteiger partial charge in [-0.25, -0.2) is 4.98 Å². The summed E-state index contributed by atoms with van der Waals surface area (Å²) in [6, 6.07) is 5.73. The molecular weight excluding hydrogens is 214 g/mol. The summed E-state index contributed by atoms with van der Waals surface area (Å²) >= 11 is 0. The highest BCUT2D eigenvalue weighted by molar-refractivity contribution is 5.90. The van der Waals surface area contributed by atoms with Crippen LogP contribution in [0.15, 0.2) is 18.2 Å². The maximum Gasteiger partial charge on any atom is 0.233 e. The fourth-order valence-corrected chi connectivity index (χ4v) is 1.85. The van der Waals surface area contributed by atoms with Crippen molar-refractivity contribution in [3.63, 3.8) is 0 Å². The lowest BCUT2D eigenvalue weighted by Gasteiger charge is -2.05. The SMILES string of the molecule is CC(=O)Nc1ccc2nc(C)c(C)[n+](C)c2c1. The van der Waals surface area contributed by atoms with Crippen LogP contribution in [-0.4, -0.2) is 10.9 Å². The van der Waals surface area contributed by atoms with Crippen molar-refractivity contribution < 1.29 is 9.36 Å². The van der Waals surface area contributed by atoms with Crippen LogP contribution < -0.4 is 9.88 Å². The van der Waals surface area contributed by atoms with Gasteiger partial charge < -0.3 is 5.32 Å². The van der Waals surface area contributed by atoms with Crippen molar-refractivity contribution in [3.05, 3.63) is 29.6 Å². The molecular formula is C13H16N3O+. The summed E-state index contributed by atoms with van der Waals surface area (Å²) in [6.07, 6.45) is 0. The Morgan fingerprint density at radius 1 is 1.35 bits per heavy atom. The minimum Gasteiger partial charge on any atom is -0.326 e. The largest absolute Gasteiger partial charge is 0.326 e. The number of rotatable bonds is 1. The van der Waals surface area contributed by atoms with Crippen molar-refractivity contribution in [2.24, 2.45) is 7.05 Å². The fourth-order valence-electron chi connectivity index (χ4n) is 1.85. The monoisotopic (exact) mass is 230 g/mol. The van der Waals surface area contributed by atoms with E-state index in [0.717, 1.165) is 28.1 Å². The Morgan fingerprint density at radius 2 is 2.06 bits per heavy atom. The van der Waals surface area contributed by atoms with Crippen molar-refractivity contribution in [1.82, 2.24) is 4.98 Å². The van der Waals surface area contributed by atoms with Gasteiger partial charge in [0.25, 0.3) is 0 Å². The van der Waals surface area contributed by atoms with Crippen LogP contribution in [0.3, 0.4) is 0 Å². The van der Waals surface area contributed by atoms with Crippen LogP contribution in [0.1, 0.15) is 18.3 Å². The first-order valence-electron chi connectivity index (χ1n) is 5.53. The first kappa shape index (κ1) is 11.5. The third kappa shape index (κ3) is 2.11. The van der Waals surface area contributed by atoms with E-state index in [-0.39, 0.29) is 5.91 Å². The number of carbonyl (C=O) groups excluding carboxylic acids is 1. The molecule has 0 saturated carbocycles. The molecule has 4 nitrogen and oxygen atoms in total. The number of anilines is 1. The summed E-state index contributed by atoms with van der Waals surface area (Å²) in [7, 11) is 2.00. The molecule has 4 heteroatoms. The van der Waals surface area contributed by atoms with E-state index >= 15 is 0 Å². The molecule has 0 saturated heterocycles. The van der Waals surface area contributed by atoms with Crippen molar-refractivity contribution in [3.8, 4) is 0 Å². The zero-order valence-corrected chi connectivity index (χ0v) is 10.5. The number of nitrogens with one attached hydrogen (secondary N) is 1. The summed E-state index contributed by atoms with van der Waals surface area (Å²) in [6.45, 7) is 5.53. The van der Waals surface area contributed by atoms with Crippen molar-refractivity contribution in [2.75, 3.05) is 5.32 Å². The number of benzene rings is 1. The highest BCUT2D eigenvalue weighted by Crippen LogP contribution is 2.16. The van der Waals surface area contributed by atoms with Gasteiger partial charge in [0.1, 0.15) is 18.3 Å². The molecule has 17 heavy (non-hydrogen) atoms. The van der Waals surface area contributed by atoms with Gasteiger partial charge in [-0.2, -0.15) is 4.57 Å². The van der Waals surface area contributed by atoms with Crippen molar-refractivity contribution in [2.45, 2.75) is 20.8 Å². The molecule has 1 heterocycles. The lowest BCUT2D eigenvalue weighted by atomic mass is 10.2. The van der Waals surface area contributed by atoms with E-state index in [9.17, 15) is 4.79 Å². The molecule has 1 aromatic heterocycles. The number of hydrogen-bond acceptors (Lipinski definition) is 2. The van der Waals surface area contributed by atoms with Gasteiger partial charge in [-0.1, -0.05) is 0 Å². The van der Waals surface area contributed by atoms with Crippen LogP contribution in [0, 0.1) is 13.8 Å². The average Bonchev–Trinajstić information content (AvgIpc) is 2.26. The lowest BCUT2D eigenvalue weighted by Crippen LogP contribution is -2.34. The van der Waals surface area contributed by atoms with Gasteiger partial charge in [0.05, 0.1) is 0 Å². The minimum atomic E-state index is -0.0659. The van der Waals surface area contributed by atoms with E-state index in [2.05, 4.69) is 14.9 Å². The molecule has 0 fully saturated rings. The molecule has 0 unspecified atom stereocenters. The van der Waals surface area contributed by atoms with Gasteiger partial charge in [-0.15, -0.1) is 0 Å². The third-order valence-electron chi connectivity index (χ3n) is 2.97. The third-order valence-corrected chi connectivity index (χ3v) is 2.97. The highest BCUT2D eigenvalue weighted by atomic mass is 16.1. The number of amides is 1. The number of carbonyl (C=O) groups is 1. The van der Waals surface area contributed by atoms with Gasteiger partial charge in [0.15, 0.2) is 5.69 Å². The van der Waals surface area contributed by atoms with Crippen LogP contribution in [0.5, 0.6) is 0 Å². The number of nitrogens with zero attached hydrogens (tertiary/aromatic N) is 2. The Kier molecular flexibility index (Phi) is 2.79. The maximum absolute atomic E-state index is 11.0. The zero-order valence-electron chi connectivity index (χ0n) is 10.5. The Hall–Kier alpha value is -1.97. The number of hydrogen-bond donors (Lipinski definition) is 1. The van der Waals surface area contributed by atoms with Crippen LogP contribution in [0.2, 0.25) is 0 Å². The molecule has 2 aromatic rings. The molecule has 1 aromatic carbocycles. The lowest BCUT2D eigenvalue weighted by molar-refractivity contribution is -0.652. The Bertz CT molecular complexity index is 605. The summed E-state index contributed by atoms with van der Waals surface area (Å²) in [4.78, 5) is 15.5. The van der Waals surface area contributed by atoms with E-state index in [1.54, 1.807) is 0 Å². The van der Waals surface area contributed by atoms with E-state index in [1.807, 2.05) is 39.1 Å². The second kappa shape index (κ2) is 4.13. The van der Waals surface area contributed by atoms with Gasteiger partial charge in [-0.3, -0.25) is 4.79 Å². The van der Waals surface area contributed by atoms with Gasteiger partial charge >= 0.3 is 0 Å². The molecule has 1 amide bonds. The molecule has 0 radical (unpaired) electrons. The standard InChI is InChI=1S/C13H15N3O/c1-8-9(2)16(4)13-7-11(15-10(3)17)5-6-12(13)14-8/h5-7H,1-4H3/p+1. The van der Waals surface area contributed by atoms with Crippen LogP contribution >= 0.6 is 0 Å². The number of aryl methyl sites for hydroxylation is 2. The first-order chi connectivity index (χ1) is 7.99. The Balaban J connectivity index is 2.64. The Labute approximate surface area is 100 Å². The molecule has 88 valence electrons. The summed E-state index contributed by atoms with van der Waals surface area (Å²) in [5.41, 5.74) is 4.89. The number of fused-ring (bicyclic) bond motifs is 1. The van der Waals surface area contributed by atoms with Crippen LogP contribution in [-0.2, 0) is 11.8 Å². The van der Waals surface area contributed by atoms with Crippen molar-refractivity contribution >= 4 is 22.6 Å². The van der Waals surface area contributed by atoms with E-state index < -0.39 is 0 Å². The molecule has 0 atom stereocenters. The molecule has 0 aliphatic carbocycles. The van der Waals surface area contributed by atoms with Crippen LogP contribution in [0.25, 0.3) is 11.0 Å². The molecule has 0 aliphatic rings. The summed E-state index contributed by atoms with van der Waals surface area (Å²) < 4.78 is 2.09. The zero-order chi connectivity index (χ0) is 12.6. The quantitative estimate of drug-likeness (QED) is 0.757. The fraction of sp³-hybridized carbons (Fsp3) is 0.308. The smallest absolute Gasteiger partial charge is 0.233 e. The average molecular weight is 230 g/mol. The molecule has 0 aliphatic heterocycles. The molecule has 2 rings (SSSR count). The van der Waals surface area contributed by atoms with Crippen LogP contribution in [0.4, 0.5) is 5.69 Å². The molecule has 0 bridgehead atoms. The Morgan fingerprint density at radius 3 is 2.71 bits per heavy atom. The minimum absolute atomic E-state index is 0.0659. The molecule has 0 spiro atoms. The number of aromatic nitrogens is 2. The van der Waals surface area contributed by atoms with Crippen molar-refractivity contribution in [1.29, 1.82) is 0 Å². The topological polar surface area (TPSA) is 45.9 Å².